The maximum atomic E-state index is 5.49. The summed E-state index contributed by atoms with van der Waals surface area (Å²) in [5.74, 6) is 2.20. The molecular weight excluding hydrogens is 266 g/mol. The predicted molar refractivity (Wildman–Crippen MR) is 81.0 cm³/mol. The van der Waals surface area contributed by atoms with Crippen molar-refractivity contribution >= 4 is 10.9 Å². The van der Waals surface area contributed by atoms with Gasteiger partial charge in [-0.05, 0) is 17.9 Å². The Morgan fingerprint density at radius 2 is 2.00 bits per heavy atom. The van der Waals surface area contributed by atoms with Gasteiger partial charge in [-0.3, -0.25) is 0 Å². The SMILES string of the molecule is COc1cnc(-n2cnc(C)n2)c2[nH]cc(C(C)(C)C)c12. The minimum absolute atomic E-state index is 0.00242. The van der Waals surface area contributed by atoms with Crippen molar-refractivity contribution in [3.05, 3.63) is 30.1 Å². The number of nitrogens with one attached hydrogen (secondary N) is 1. The lowest BCUT2D eigenvalue weighted by molar-refractivity contribution is 0.417. The molecule has 0 aromatic carbocycles. The van der Waals surface area contributed by atoms with Crippen LogP contribution in [0.5, 0.6) is 5.75 Å². The van der Waals surface area contributed by atoms with Gasteiger partial charge in [0.1, 0.15) is 17.9 Å². The zero-order valence-electron chi connectivity index (χ0n) is 12.9. The summed E-state index contributed by atoms with van der Waals surface area (Å²) >= 11 is 0. The van der Waals surface area contributed by atoms with Crippen LogP contribution in [0.3, 0.4) is 0 Å². The number of fused-ring (bicyclic) bond motifs is 1. The molecule has 0 aliphatic heterocycles. The van der Waals surface area contributed by atoms with Crippen LogP contribution >= 0.6 is 0 Å². The van der Waals surface area contributed by atoms with Gasteiger partial charge >= 0.3 is 0 Å². The number of aromatic amines is 1. The summed E-state index contributed by atoms with van der Waals surface area (Å²) in [7, 11) is 1.66. The lowest BCUT2D eigenvalue weighted by Crippen LogP contribution is -2.10. The number of aromatic nitrogens is 5. The fourth-order valence-electron chi connectivity index (χ4n) is 2.47. The van der Waals surface area contributed by atoms with E-state index in [2.05, 4.69) is 40.8 Å². The second kappa shape index (κ2) is 4.58. The number of ether oxygens (including phenoxy) is 1. The Morgan fingerprint density at radius 3 is 2.57 bits per heavy atom. The average molecular weight is 285 g/mol. The molecule has 0 aliphatic carbocycles. The first-order valence-corrected chi connectivity index (χ1v) is 6.85. The summed E-state index contributed by atoms with van der Waals surface area (Å²) < 4.78 is 7.17. The highest BCUT2D eigenvalue weighted by molar-refractivity contribution is 5.94. The van der Waals surface area contributed by atoms with Gasteiger partial charge in [0.25, 0.3) is 0 Å². The van der Waals surface area contributed by atoms with Crippen LogP contribution < -0.4 is 4.74 Å². The molecule has 3 heterocycles. The third-order valence-electron chi connectivity index (χ3n) is 3.51. The molecule has 1 N–H and O–H groups in total. The fraction of sp³-hybridized carbons (Fsp3) is 0.400. The molecule has 0 spiro atoms. The molecule has 110 valence electrons. The van der Waals surface area contributed by atoms with E-state index < -0.39 is 0 Å². The lowest BCUT2D eigenvalue weighted by Gasteiger charge is -2.18. The van der Waals surface area contributed by atoms with Crippen LogP contribution in [0.1, 0.15) is 32.2 Å². The van der Waals surface area contributed by atoms with Crippen molar-refractivity contribution < 1.29 is 4.74 Å². The summed E-state index contributed by atoms with van der Waals surface area (Å²) in [6.45, 7) is 8.38. The first-order valence-electron chi connectivity index (χ1n) is 6.85. The zero-order chi connectivity index (χ0) is 15.2. The number of pyridine rings is 1. The third kappa shape index (κ3) is 2.16. The summed E-state index contributed by atoms with van der Waals surface area (Å²) in [5, 5.41) is 5.38. The number of nitrogens with zero attached hydrogens (tertiary/aromatic N) is 4. The molecule has 0 radical (unpaired) electrons. The average Bonchev–Trinajstić information content (AvgIpc) is 3.03. The molecular formula is C15H19N5O. The number of H-pyrrole nitrogens is 1. The Hall–Kier alpha value is -2.37. The number of methoxy groups -OCH3 is 1. The predicted octanol–water partition coefficient (Wildman–Crippen LogP) is 2.76. The molecule has 0 atom stereocenters. The van der Waals surface area contributed by atoms with Crippen LogP contribution in [-0.2, 0) is 5.41 Å². The Kier molecular flexibility index (Phi) is 2.97. The molecule has 0 aliphatic rings. The van der Waals surface area contributed by atoms with Crippen molar-refractivity contribution in [3.8, 4) is 11.6 Å². The Bertz CT molecular complexity index is 794. The highest BCUT2D eigenvalue weighted by Crippen LogP contribution is 2.37. The maximum Gasteiger partial charge on any atom is 0.179 e. The van der Waals surface area contributed by atoms with Crippen LogP contribution in [0.25, 0.3) is 16.7 Å². The van der Waals surface area contributed by atoms with Gasteiger partial charge < -0.3 is 9.72 Å². The van der Waals surface area contributed by atoms with Gasteiger partial charge in [0, 0.05) is 6.20 Å². The number of rotatable bonds is 2. The fourth-order valence-corrected chi connectivity index (χ4v) is 2.47. The van der Waals surface area contributed by atoms with E-state index in [1.54, 1.807) is 24.3 Å². The van der Waals surface area contributed by atoms with E-state index >= 15 is 0 Å². The van der Waals surface area contributed by atoms with Crippen molar-refractivity contribution in [2.24, 2.45) is 0 Å². The van der Waals surface area contributed by atoms with Gasteiger partial charge in [-0.2, -0.15) is 5.10 Å². The highest BCUT2D eigenvalue weighted by Gasteiger charge is 2.23. The van der Waals surface area contributed by atoms with E-state index in [-0.39, 0.29) is 5.41 Å². The van der Waals surface area contributed by atoms with Crippen LogP contribution in [-0.4, -0.2) is 31.8 Å². The first kappa shape index (κ1) is 13.6. The monoisotopic (exact) mass is 285 g/mol. The second-order valence-corrected chi connectivity index (χ2v) is 6.09. The quantitative estimate of drug-likeness (QED) is 0.786. The number of hydrogen-bond acceptors (Lipinski definition) is 4. The van der Waals surface area contributed by atoms with Crippen LogP contribution in [0, 0.1) is 6.92 Å². The standard InChI is InChI=1S/C15H19N5O/c1-9-18-8-20(19-9)14-13-12(11(21-5)7-17-14)10(6-16-13)15(2,3)4/h6-8,16H,1-5H3. The van der Waals surface area contributed by atoms with Crippen molar-refractivity contribution in [2.45, 2.75) is 33.1 Å². The van der Waals surface area contributed by atoms with E-state index in [0.717, 1.165) is 22.5 Å². The van der Waals surface area contributed by atoms with E-state index in [0.29, 0.717) is 5.82 Å². The summed E-state index contributed by atoms with van der Waals surface area (Å²) in [6.07, 6.45) is 5.42. The van der Waals surface area contributed by atoms with Crippen molar-refractivity contribution in [1.82, 2.24) is 24.7 Å². The second-order valence-electron chi connectivity index (χ2n) is 6.09. The topological polar surface area (TPSA) is 68.6 Å². The van der Waals surface area contributed by atoms with E-state index in [9.17, 15) is 0 Å². The molecule has 0 saturated heterocycles. The van der Waals surface area contributed by atoms with Crippen molar-refractivity contribution in [3.63, 3.8) is 0 Å². The highest BCUT2D eigenvalue weighted by atomic mass is 16.5. The maximum absolute atomic E-state index is 5.49. The summed E-state index contributed by atoms with van der Waals surface area (Å²) in [6, 6.07) is 0. The third-order valence-corrected chi connectivity index (χ3v) is 3.51. The number of aryl methyl sites for hydroxylation is 1. The van der Waals surface area contributed by atoms with Gasteiger partial charge in [0.15, 0.2) is 5.82 Å². The molecule has 0 fully saturated rings. The largest absolute Gasteiger partial charge is 0.494 e. The smallest absolute Gasteiger partial charge is 0.179 e. The molecule has 3 rings (SSSR count). The Morgan fingerprint density at radius 1 is 1.24 bits per heavy atom. The van der Waals surface area contributed by atoms with Gasteiger partial charge in [0.2, 0.25) is 0 Å². The van der Waals surface area contributed by atoms with Gasteiger partial charge in [-0.25, -0.2) is 14.6 Å². The van der Waals surface area contributed by atoms with E-state index in [1.807, 2.05) is 13.1 Å². The van der Waals surface area contributed by atoms with Crippen molar-refractivity contribution in [2.75, 3.05) is 7.11 Å². The van der Waals surface area contributed by atoms with Crippen LogP contribution in [0.4, 0.5) is 0 Å². The molecule has 3 aromatic heterocycles. The molecule has 6 heteroatoms. The van der Waals surface area contributed by atoms with Crippen molar-refractivity contribution in [1.29, 1.82) is 0 Å². The molecule has 6 nitrogen and oxygen atoms in total. The molecule has 3 aromatic rings. The minimum Gasteiger partial charge on any atom is -0.494 e. The normalized spacial score (nSPS) is 12.0. The Labute approximate surface area is 123 Å². The molecule has 0 unspecified atom stereocenters. The Balaban J connectivity index is 2.33. The molecule has 0 bridgehead atoms. The minimum atomic E-state index is 0.00242. The number of hydrogen-bond donors (Lipinski definition) is 1. The molecule has 0 saturated carbocycles. The lowest BCUT2D eigenvalue weighted by atomic mass is 9.87. The first-order chi connectivity index (χ1) is 9.91. The van der Waals surface area contributed by atoms with E-state index in [4.69, 9.17) is 4.74 Å². The summed E-state index contributed by atoms with van der Waals surface area (Å²) in [5.41, 5.74) is 2.10. The molecule has 0 amide bonds. The molecule has 21 heavy (non-hydrogen) atoms. The van der Waals surface area contributed by atoms with Gasteiger partial charge in [-0.15, -0.1) is 0 Å². The zero-order valence-corrected chi connectivity index (χ0v) is 12.9. The van der Waals surface area contributed by atoms with Gasteiger partial charge in [0.05, 0.1) is 24.2 Å². The van der Waals surface area contributed by atoms with E-state index in [1.165, 1.54) is 5.56 Å². The van der Waals surface area contributed by atoms with Crippen LogP contribution in [0.15, 0.2) is 18.7 Å². The van der Waals surface area contributed by atoms with Crippen LogP contribution in [0.2, 0.25) is 0 Å². The van der Waals surface area contributed by atoms with Gasteiger partial charge in [-0.1, -0.05) is 20.8 Å². The summed E-state index contributed by atoms with van der Waals surface area (Å²) in [4.78, 5) is 11.9.